The fourth-order valence-electron chi connectivity index (χ4n) is 2.29. The molecule has 0 spiro atoms. The predicted octanol–water partition coefficient (Wildman–Crippen LogP) is 2.69. The van der Waals surface area contributed by atoms with Gasteiger partial charge in [-0.15, -0.1) is 0 Å². The Kier molecular flexibility index (Phi) is 6.11. The molecule has 3 nitrogen and oxygen atoms in total. The summed E-state index contributed by atoms with van der Waals surface area (Å²) in [6, 6.07) is 5.99. The minimum absolute atomic E-state index is 0.0103. The topological polar surface area (TPSA) is 57.5 Å². The summed E-state index contributed by atoms with van der Waals surface area (Å²) in [6.07, 6.45) is 2.81. The molecule has 3 heteroatoms. The lowest BCUT2D eigenvalue weighted by Crippen LogP contribution is -2.29. The zero-order valence-electron chi connectivity index (χ0n) is 12.6. The maximum atomic E-state index is 11.4. The highest BCUT2D eigenvalue weighted by atomic mass is 16.3. The second kappa shape index (κ2) is 7.36. The molecule has 0 unspecified atom stereocenters. The minimum atomic E-state index is -0.712. The van der Waals surface area contributed by atoms with Crippen LogP contribution in [0, 0.1) is 12.8 Å². The zero-order valence-corrected chi connectivity index (χ0v) is 12.6. The van der Waals surface area contributed by atoms with Crippen LogP contribution in [-0.4, -0.2) is 28.7 Å². The molecule has 2 N–H and O–H groups in total. The van der Waals surface area contributed by atoms with Crippen LogP contribution in [0.15, 0.2) is 24.3 Å². The van der Waals surface area contributed by atoms with Crippen LogP contribution in [0.3, 0.4) is 0 Å². The Bertz CT molecular complexity index is 491. The quantitative estimate of drug-likeness (QED) is 0.840. The number of benzene rings is 1. The van der Waals surface area contributed by atoms with E-state index in [9.17, 15) is 9.90 Å². The van der Waals surface area contributed by atoms with Gasteiger partial charge in [0.15, 0.2) is 0 Å². The van der Waals surface area contributed by atoms with Crippen molar-refractivity contribution >= 4 is 11.9 Å². The van der Waals surface area contributed by atoms with Crippen molar-refractivity contribution in [3.8, 4) is 0 Å². The van der Waals surface area contributed by atoms with Gasteiger partial charge in [0, 0.05) is 11.8 Å². The maximum absolute atomic E-state index is 11.4. The largest absolute Gasteiger partial charge is 0.392 e. The Balaban J connectivity index is 3.11. The molecule has 0 aliphatic heterocycles. The second-order valence-electron chi connectivity index (χ2n) is 5.40. The first kappa shape index (κ1) is 16.6. The van der Waals surface area contributed by atoms with Crippen LogP contribution in [-0.2, 0) is 4.79 Å². The third-order valence-corrected chi connectivity index (χ3v) is 3.80. The molecular formula is C17H24O3. The van der Waals surface area contributed by atoms with Gasteiger partial charge in [0.25, 0.3) is 0 Å². The van der Waals surface area contributed by atoms with Crippen molar-refractivity contribution in [2.45, 2.75) is 39.7 Å². The summed E-state index contributed by atoms with van der Waals surface area (Å²) in [5.41, 5.74) is 3.08. The average molecular weight is 276 g/mol. The van der Waals surface area contributed by atoms with Crippen LogP contribution in [0.1, 0.15) is 43.4 Å². The number of hydrogen-bond acceptors (Lipinski definition) is 3. The Morgan fingerprint density at radius 3 is 2.55 bits per heavy atom. The van der Waals surface area contributed by atoms with E-state index in [1.165, 1.54) is 6.92 Å². The molecule has 0 radical (unpaired) electrons. The fourth-order valence-corrected chi connectivity index (χ4v) is 2.29. The van der Waals surface area contributed by atoms with Crippen LogP contribution in [0.2, 0.25) is 0 Å². The average Bonchev–Trinajstić information content (AvgIpc) is 2.42. The summed E-state index contributed by atoms with van der Waals surface area (Å²) in [4.78, 5) is 11.4. The summed E-state index contributed by atoms with van der Waals surface area (Å²) < 4.78 is 0. The Hall–Kier alpha value is -1.45. The molecule has 0 saturated heterocycles. The number of aliphatic hydroxyl groups is 2. The third kappa shape index (κ3) is 4.02. The summed E-state index contributed by atoms with van der Waals surface area (Å²) in [5.74, 6) is -0.544. The number of aliphatic hydroxyl groups excluding tert-OH is 2. The van der Waals surface area contributed by atoms with E-state index < -0.39 is 6.10 Å². The lowest BCUT2D eigenvalue weighted by molar-refractivity contribution is -0.123. The van der Waals surface area contributed by atoms with E-state index in [0.29, 0.717) is 0 Å². The molecule has 0 aliphatic rings. The van der Waals surface area contributed by atoms with Gasteiger partial charge in [0.2, 0.25) is 0 Å². The van der Waals surface area contributed by atoms with E-state index >= 15 is 0 Å². The van der Waals surface area contributed by atoms with Crippen molar-refractivity contribution in [2.24, 2.45) is 5.92 Å². The molecule has 1 rings (SSSR count). The summed E-state index contributed by atoms with van der Waals surface area (Å²) in [5, 5.41) is 19.3. The van der Waals surface area contributed by atoms with Gasteiger partial charge in [-0.05, 0) is 25.0 Å². The normalized spacial score (nSPS) is 16.1. The van der Waals surface area contributed by atoms with Crippen LogP contribution in [0.25, 0.3) is 6.08 Å². The first-order valence-electron chi connectivity index (χ1n) is 6.95. The maximum Gasteiger partial charge on any atom is 0.135 e. The van der Waals surface area contributed by atoms with E-state index in [4.69, 9.17) is 5.11 Å². The lowest BCUT2D eigenvalue weighted by atomic mass is 9.83. The molecule has 0 amide bonds. The summed E-state index contributed by atoms with van der Waals surface area (Å²) in [7, 11) is 0. The smallest absolute Gasteiger partial charge is 0.135 e. The van der Waals surface area contributed by atoms with Crippen molar-refractivity contribution in [2.75, 3.05) is 6.61 Å². The number of hydrogen-bond donors (Lipinski definition) is 2. The number of aryl methyl sites for hydroxylation is 1. The monoisotopic (exact) mass is 276 g/mol. The van der Waals surface area contributed by atoms with Gasteiger partial charge < -0.3 is 10.2 Å². The van der Waals surface area contributed by atoms with E-state index in [2.05, 4.69) is 0 Å². The van der Waals surface area contributed by atoms with Gasteiger partial charge in [0.05, 0.1) is 12.7 Å². The molecule has 0 bridgehead atoms. The standard InChI is InChI=1S/C17H24O3/c1-11-7-8-16(15(10-11)6-5-9-18)13(3)17(20)12(2)14(4)19/h5-8,10,12-13,17-18,20H,9H2,1-4H3/b6-5+/t12-,13+,17+/m1/s1. The highest BCUT2D eigenvalue weighted by Crippen LogP contribution is 2.28. The van der Waals surface area contributed by atoms with E-state index in [1.807, 2.05) is 38.1 Å². The van der Waals surface area contributed by atoms with Gasteiger partial charge >= 0.3 is 0 Å². The molecule has 1 aromatic rings. The number of rotatable bonds is 6. The van der Waals surface area contributed by atoms with E-state index in [0.717, 1.165) is 16.7 Å². The highest BCUT2D eigenvalue weighted by molar-refractivity contribution is 5.78. The molecule has 110 valence electrons. The Labute approximate surface area is 121 Å². The van der Waals surface area contributed by atoms with Gasteiger partial charge in [-0.3, -0.25) is 4.79 Å². The van der Waals surface area contributed by atoms with Gasteiger partial charge in [-0.25, -0.2) is 0 Å². The van der Waals surface area contributed by atoms with E-state index in [1.54, 1.807) is 13.0 Å². The van der Waals surface area contributed by atoms with Gasteiger partial charge in [-0.2, -0.15) is 0 Å². The van der Waals surface area contributed by atoms with Gasteiger partial charge in [-0.1, -0.05) is 49.8 Å². The van der Waals surface area contributed by atoms with Crippen LogP contribution in [0.5, 0.6) is 0 Å². The molecule has 20 heavy (non-hydrogen) atoms. The summed E-state index contributed by atoms with van der Waals surface area (Å²) in [6.45, 7) is 7.15. The first-order chi connectivity index (χ1) is 9.38. The van der Waals surface area contributed by atoms with Crippen molar-refractivity contribution in [1.29, 1.82) is 0 Å². The third-order valence-electron chi connectivity index (χ3n) is 3.80. The molecule has 0 aromatic heterocycles. The Morgan fingerprint density at radius 2 is 2.00 bits per heavy atom. The lowest BCUT2D eigenvalue weighted by Gasteiger charge is -2.25. The molecule has 0 heterocycles. The first-order valence-corrected chi connectivity index (χ1v) is 6.95. The van der Waals surface area contributed by atoms with Crippen LogP contribution < -0.4 is 0 Å². The minimum Gasteiger partial charge on any atom is -0.392 e. The van der Waals surface area contributed by atoms with Crippen molar-refractivity contribution < 1.29 is 15.0 Å². The Morgan fingerprint density at radius 1 is 1.35 bits per heavy atom. The SMILES string of the molecule is CC(=O)[C@@H](C)[C@H](O)[C@@H](C)c1ccc(C)cc1/C=C/CO. The molecular weight excluding hydrogens is 252 g/mol. The number of Topliss-reactive ketones (excluding diaryl/α,β-unsaturated/α-hetero) is 1. The fraction of sp³-hybridized carbons (Fsp3) is 0.471. The van der Waals surface area contributed by atoms with Crippen LogP contribution >= 0.6 is 0 Å². The molecule has 0 fully saturated rings. The number of ketones is 1. The second-order valence-corrected chi connectivity index (χ2v) is 5.40. The van der Waals surface area contributed by atoms with Gasteiger partial charge in [0.1, 0.15) is 5.78 Å². The molecule has 0 aliphatic carbocycles. The predicted molar refractivity (Wildman–Crippen MR) is 81.6 cm³/mol. The molecule has 3 atom stereocenters. The molecule has 1 aromatic carbocycles. The van der Waals surface area contributed by atoms with Crippen molar-refractivity contribution in [1.82, 2.24) is 0 Å². The molecule has 0 saturated carbocycles. The highest BCUT2D eigenvalue weighted by Gasteiger charge is 2.26. The van der Waals surface area contributed by atoms with Crippen molar-refractivity contribution in [3.63, 3.8) is 0 Å². The number of carbonyl (C=O) groups excluding carboxylic acids is 1. The van der Waals surface area contributed by atoms with Crippen LogP contribution in [0.4, 0.5) is 0 Å². The zero-order chi connectivity index (χ0) is 15.3. The summed E-state index contributed by atoms with van der Waals surface area (Å²) >= 11 is 0. The number of carbonyl (C=O) groups is 1. The van der Waals surface area contributed by atoms with E-state index in [-0.39, 0.29) is 24.2 Å². The van der Waals surface area contributed by atoms with Crippen molar-refractivity contribution in [3.05, 3.63) is 41.0 Å².